The van der Waals surface area contributed by atoms with Crippen molar-refractivity contribution in [2.75, 3.05) is 13.7 Å². The Labute approximate surface area is 148 Å². The quantitative estimate of drug-likeness (QED) is 0.791. The van der Waals surface area contributed by atoms with Gasteiger partial charge in [0, 0.05) is 18.0 Å². The highest BCUT2D eigenvalue weighted by Crippen LogP contribution is 2.33. The maximum absolute atomic E-state index is 12.7. The number of carbonyl (C=O) groups is 1. The van der Waals surface area contributed by atoms with Gasteiger partial charge in [0.05, 0.1) is 13.2 Å². The SMILES string of the molecule is COc1ccc(C2CCCN2C(=O)CCc2ccc(Cl)cc2)cc1. The van der Waals surface area contributed by atoms with E-state index in [2.05, 4.69) is 12.1 Å². The van der Waals surface area contributed by atoms with Crippen molar-refractivity contribution in [2.24, 2.45) is 0 Å². The van der Waals surface area contributed by atoms with Crippen LogP contribution in [0.5, 0.6) is 5.75 Å². The summed E-state index contributed by atoms with van der Waals surface area (Å²) < 4.78 is 5.21. The van der Waals surface area contributed by atoms with Crippen molar-refractivity contribution in [3.8, 4) is 5.75 Å². The van der Waals surface area contributed by atoms with Gasteiger partial charge in [-0.05, 0) is 54.7 Å². The van der Waals surface area contributed by atoms with Crippen LogP contribution in [0.3, 0.4) is 0 Å². The zero-order valence-corrected chi connectivity index (χ0v) is 14.6. The average Bonchev–Trinajstić information content (AvgIpc) is 3.11. The van der Waals surface area contributed by atoms with Gasteiger partial charge in [0.2, 0.25) is 5.91 Å². The number of aryl methyl sites for hydroxylation is 1. The number of ether oxygens (including phenoxy) is 1. The molecule has 0 aromatic heterocycles. The molecule has 0 N–H and O–H groups in total. The Morgan fingerprint density at radius 2 is 1.88 bits per heavy atom. The van der Waals surface area contributed by atoms with Crippen LogP contribution in [0.4, 0.5) is 0 Å². The number of likely N-dealkylation sites (tertiary alicyclic amines) is 1. The van der Waals surface area contributed by atoms with E-state index in [4.69, 9.17) is 16.3 Å². The van der Waals surface area contributed by atoms with E-state index in [-0.39, 0.29) is 11.9 Å². The highest BCUT2D eigenvalue weighted by molar-refractivity contribution is 6.30. The first-order valence-corrected chi connectivity index (χ1v) is 8.73. The molecule has 126 valence electrons. The summed E-state index contributed by atoms with van der Waals surface area (Å²) in [5.41, 5.74) is 2.33. The van der Waals surface area contributed by atoms with Crippen LogP contribution in [0.15, 0.2) is 48.5 Å². The Kier molecular flexibility index (Phi) is 5.41. The molecule has 3 rings (SSSR count). The molecule has 1 atom stereocenters. The minimum absolute atomic E-state index is 0.189. The van der Waals surface area contributed by atoms with E-state index in [0.29, 0.717) is 6.42 Å². The van der Waals surface area contributed by atoms with Gasteiger partial charge in [-0.15, -0.1) is 0 Å². The van der Waals surface area contributed by atoms with E-state index in [1.54, 1.807) is 7.11 Å². The summed E-state index contributed by atoms with van der Waals surface area (Å²) in [6, 6.07) is 16.0. The van der Waals surface area contributed by atoms with Gasteiger partial charge >= 0.3 is 0 Å². The molecule has 0 radical (unpaired) electrons. The van der Waals surface area contributed by atoms with Crippen molar-refractivity contribution in [2.45, 2.75) is 31.7 Å². The topological polar surface area (TPSA) is 29.5 Å². The number of carbonyl (C=O) groups excluding carboxylic acids is 1. The maximum atomic E-state index is 12.7. The van der Waals surface area contributed by atoms with Crippen LogP contribution < -0.4 is 4.74 Å². The van der Waals surface area contributed by atoms with Crippen LogP contribution in [-0.4, -0.2) is 24.5 Å². The van der Waals surface area contributed by atoms with Crippen molar-refractivity contribution in [3.05, 3.63) is 64.7 Å². The monoisotopic (exact) mass is 343 g/mol. The summed E-state index contributed by atoms with van der Waals surface area (Å²) in [7, 11) is 1.66. The van der Waals surface area contributed by atoms with Crippen molar-refractivity contribution >= 4 is 17.5 Å². The van der Waals surface area contributed by atoms with Gasteiger partial charge in [-0.25, -0.2) is 0 Å². The van der Waals surface area contributed by atoms with E-state index in [1.807, 2.05) is 41.3 Å². The minimum atomic E-state index is 0.189. The van der Waals surface area contributed by atoms with E-state index in [1.165, 1.54) is 5.56 Å². The van der Waals surface area contributed by atoms with E-state index in [0.717, 1.165) is 42.1 Å². The molecule has 1 saturated heterocycles. The van der Waals surface area contributed by atoms with Crippen LogP contribution in [0.2, 0.25) is 5.02 Å². The van der Waals surface area contributed by atoms with Gasteiger partial charge in [0.15, 0.2) is 0 Å². The Morgan fingerprint density at radius 3 is 2.54 bits per heavy atom. The Morgan fingerprint density at radius 1 is 1.17 bits per heavy atom. The molecule has 0 aliphatic carbocycles. The molecule has 2 aromatic rings. The number of hydrogen-bond donors (Lipinski definition) is 0. The first kappa shape index (κ1) is 16.8. The lowest BCUT2D eigenvalue weighted by Gasteiger charge is -2.25. The first-order chi connectivity index (χ1) is 11.7. The number of hydrogen-bond acceptors (Lipinski definition) is 2. The van der Waals surface area contributed by atoms with E-state index < -0.39 is 0 Å². The third-order valence-electron chi connectivity index (χ3n) is 4.61. The summed E-state index contributed by atoms with van der Waals surface area (Å²) in [6.45, 7) is 0.843. The largest absolute Gasteiger partial charge is 0.497 e. The van der Waals surface area contributed by atoms with Gasteiger partial charge in [-0.1, -0.05) is 35.9 Å². The first-order valence-electron chi connectivity index (χ1n) is 8.35. The second-order valence-corrected chi connectivity index (χ2v) is 6.58. The number of nitrogens with zero attached hydrogens (tertiary/aromatic N) is 1. The van der Waals surface area contributed by atoms with Crippen LogP contribution in [0.1, 0.15) is 36.4 Å². The molecule has 24 heavy (non-hydrogen) atoms. The molecule has 1 aliphatic rings. The highest BCUT2D eigenvalue weighted by atomic mass is 35.5. The predicted molar refractivity (Wildman–Crippen MR) is 96.5 cm³/mol. The highest BCUT2D eigenvalue weighted by Gasteiger charge is 2.29. The lowest BCUT2D eigenvalue weighted by molar-refractivity contribution is -0.132. The lowest BCUT2D eigenvalue weighted by Crippen LogP contribution is -2.30. The van der Waals surface area contributed by atoms with E-state index >= 15 is 0 Å². The molecule has 2 aromatic carbocycles. The number of halogens is 1. The van der Waals surface area contributed by atoms with Gasteiger partial charge < -0.3 is 9.64 Å². The summed E-state index contributed by atoms with van der Waals surface area (Å²) in [6.07, 6.45) is 3.37. The standard InChI is InChI=1S/C20H22ClNO2/c1-24-18-11-7-16(8-12-18)19-3-2-14-22(19)20(23)13-6-15-4-9-17(21)10-5-15/h4-5,7-12,19H,2-3,6,13-14H2,1H3. The number of rotatable bonds is 5. The summed E-state index contributed by atoms with van der Waals surface area (Å²) >= 11 is 5.90. The van der Waals surface area contributed by atoms with Crippen molar-refractivity contribution in [3.63, 3.8) is 0 Å². The average molecular weight is 344 g/mol. The summed E-state index contributed by atoms with van der Waals surface area (Å²) in [4.78, 5) is 14.7. The number of benzene rings is 2. The molecule has 3 nitrogen and oxygen atoms in total. The molecular weight excluding hydrogens is 322 g/mol. The van der Waals surface area contributed by atoms with Crippen LogP contribution in [0, 0.1) is 0 Å². The zero-order valence-electron chi connectivity index (χ0n) is 13.9. The number of amides is 1. The van der Waals surface area contributed by atoms with Gasteiger partial charge in [-0.2, -0.15) is 0 Å². The molecule has 1 unspecified atom stereocenters. The molecule has 1 aliphatic heterocycles. The second kappa shape index (κ2) is 7.71. The fourth-order valence-corrected chi connectivity index (χ4v) is 3.41. The smallest absolute Gasteiger partial charge is 0.223 e. The van der Waals surface area contributed by atoms with Crippen molar-refractivity contribution in [1.29, 1.82) is 0 Å². The summed E-state index contributed by atoms with van der Waals surface area (Å²) in [5.74, 6) is 1.07. The number of methoxy groups -OCH3 is 1. The fourth-order valence-electron chi connectivity index (χ4n) is 3.28. The molecule has 1 heterocycles. The van der Waals surface area contributed by atoms with Gasteiger partial charge in [0.1, 0.15) is 5.75 Å². The van der Waals surface area contributed by atoms with Crippen LogP contribution in [-0.2, 0) is 11.2 Å². The van der Waals surface area contributed by atoms with Crippen LogP contribution in [0.25, 0.3) is 0 Å². The van der Waals surface area contributed by atoms with Crippen molar-refractivity contribution in [1.82, 2.24) is 4.90 Å². The molecule has 0 spiro atoms. The Balaban J connectivity index is 1.63. The molecule has 4 heteroatoms. The second-order valence-electron chi connectivity index (χ2n) is 6.14. The molecular formula is C20H22ClNO2. The zero-order chi connectivity index (χ0) is 16.9. The molecule has 0 bridgehead atoms. The third kappa shape index (κ3) is 3.90. The minimum Gasteiger partial charge on any atom is -0.497 e. The van der Waals surface area contributed by atoms with Gasteiger partial charge in [0.25, 0.3) is 0 Å². The Hall–Kier alpha value is -2.00. The predicted octanol–water partition coefficient (Wildman–Crippen LogP) is 4.64. The van der Waals surface area contributed by atoms with Crippen molar-refractivity contribution < 1.29 is 9.53 Å². The van der Waals surface area contributed by atoms with E-state index in [9.17, 15) is 4.79 Å². The summed E-state index contributed by atoms with van der Waals surface area (Å²) in [5, 5.41) is 0.726. The molecule has 0 saturated carbocycles. The van der Waals surface area contributed by atoms with Crippen LogP contribution >= 0.6 is 11.6 Å². The normalized spacial score (nSPS) is 17.1. The van der Waals surface area contributed by atoms with Gasteiger partial charge in [-0.3, -0.25) is 4.79 Å². The Bertz CT molecular complexity index is 682. The molecule has 1 amide bonds. The maximum Gasteiger partial charge on any atom is 0.223 e. The lowest BCUT2D eigenvalue weighted by atomic mass is 10.0. The fraction of sp³-hybridized carbons (Fsp3) is 0.350. The third-order valence-corrected chi connectivity index (χ3v) is 4.87. The molecule has 1 fully saturated rings.